The number of hydrogen-bond donors (Lipinski definition) is 1. The molecule has 0 saturated heterocycles. The average Bonchev–Trinajstić information content (AvgIpc) is 2.86. The molecule has 1 N–H and O–H groups in total. The normalized spacial score (nSPS) is 19.8. The molecule has 0 aliphatic carbocycles. The summed E-state index contributed by atoms with van der Waals surface area (Å²) in [6, 6.07) is 11.9. The minimum atomic E-state index is -3.80. The van der Waals surface area contributed by atoms with Gasteiger partial charge in [0, 0.05) is 20.1 Å². The second-order valence-corrected chi connectivity index (χ2v) is 8.86. The zero-order valence-electron chi connectivity index (χ0n) is 15.7. The standard InChI is InChI=1S/C19H22N4O3S/c1-12-13(2)23(16-8-6-5-7-15(16)20-12)27(25,26)14-9-10-17-18(11-14)22(4)19(24)21(17)3/h5-13,20H,1-4H3/t12-,13-/m0/s1. The minimum absolute atomic E-state index is 0.0421. The molecule has 2 aromatic carbocycles. The third-order valence-electron chi connectivity index (χ3n) is 5.42. The Kier molecular flexibility index (Phi) is 3.85. The molecule has 1 aromatic heterocycles. The molecule has 0 bridgehead atoms. The van der Waals surface area contributed by atoms with Crippen molar-refractivity contribution >= 4 is 32.4 Å². The first-order valence-electron chi connectivity index (χ1n) is 8.79. The van der Waals surface area contributed by atoms with Crippen molar-refractivity contribution in [1.82, 2.24) is 9.13 Å². The second kappa shape index (κ2) is 5.88. The molecule has 27 heavy (non-hydrogen) atoms. The highest BCUT2D eigenvalue weighted by Crippen LogP contribution is 2.38. The summed E-state index contributed by atoms with van der Waals surface area (Å²) in [5, 5.41) is 3.36. The van der Waals surface area contributed by atoms with Gasteiger partial charge in [-0.3, -0.25) is 13.4 Å². The number of aryl methyl sites for hydroxylation is 2. The average molecular weight is 386 g/mol. The molecule has 0 spiro atoms. The van der Waals surface area contributed by atoms with E-state index in [1.807, 2.05) is 32.0 Å². The SMILES string of the molecule is C[C@@H]1Nc2ccccc2N(S(=O)(=O)c2ccc3c(c2)n(C)c(=O)n3C)[C@H]1C. The Morgan fingerprint density at radius 2 is 1.63 bits per heavy atom. The van der Waals surface area contributed by atoms with Crippen LogP contribution >= 0.6 is 0 Å². The van der Waals surface area contributed by atoms with Crippen LogP contribution in [-0.2, 0) is 24.1 Å². The van der Waals surface area contributed by atoms with Crippen LogP contribution in [0, 0.1) is 0 Å². The maximum atomic E-state index is 13.6. The van der Waals surface area contributed by atoms with Gasteiger partial charge in [0.2, 0.25) is 0 Å². The molecular formula is C19H22N4O3S. The van der Waals surface area contributed by atoms with Gasteiger partial charge in [-0.1, -0.05) is 12.1 Å². The first-order valence-corrected chi connectivity index (χ1v) is 10.2. The van der Waals surface area contributed by atoms with Crippen molar-refractivity contribution in [1.29, 1.82) is 0 Å². The van der Waals surface area contributed by atoms with Crippen molar-refractivity contribution in [2.24, 2.45) is 14.1 Å². The largest absolute Gasteiger partial charge is 0.379 e. The fraction of sp³-hybridized carbons (Fsp3) is 0.316. The Hall–Kier alpha value is -2.74. The predicted molar refractivity (Wildman–Crippen MR) is 107 cm³/mol. The lowest BCUT2D eigenvalue weighted by Crippen LogP contribution is -2.50. The molecule has 1 aliphatic heterocycles. The zero-order valence-corrected chi connectivity index (χ0v) is 16.5. The van der Waals surface area contributed by atoms with Crippen molar-refractivity contribution < 1.29 is 8.42 Å². The summed E-state index contributed by atoms with van der Waals surface area (Å²) in [6.07, 6.45) is 0. The van der Waals surface area contributed by atoms with Gasteiger partial charge in [-0.2, -0.15) is 0 Å². The number of benzene rings is 2. The number of sulfonamides is 1. The smallest absolute Gasteiger partial charge is 0.328 e. The number of para-hydroxylation sites is 2. The van der Waals surface area contributed by atoms with Gasteiger partial charge in [0.25, 0.3) is 10.0 Å². The lowest BCUT2D eigenvalue weighted by atomic mass is 10.1. The third-order valence-corrected chi connectivity index (χ3v) is 7.32. The summed E-state index contributed by atoms with van der Waals surface area (Å²) in [4.78, 5) is 12.3. The molecule has 0 saturated carbocycles. The lowest BCUT2D eigenvalue weighted by molar-refractivity contribution is 0.559. The second-order valence-electron chi connectivity index (χ2n) is 7.04. The fourth-order valence-electron chi connectivity index (χ4n) is 3.69. The summed E-state index contributed by atoms with van der Waals surface area (Å²) in [5.41, 5.74) is 2.52. The van der Waals surface area contributed by atoms with E-state index in [-0.39, 0.29) is 22.7 Å². The Bertz CT molecular complexity index is 1210. The van der Waals surface area contributed by atoms with E-state index in [0.717, 1.165) is 5.69 Å². The number of hydrogen-bond acceptors (Lipinski definition) is 4. The van der Waals surface area contributed by atoms with Crippen molar-refractivity contribution in [2.45, 2.75) is 30.8 Å². The van der Waals surface area contributed by atoms with Gasteiger partial charge in [-0.05, 0) is 44.2 Å². The van der Waals surface area contributed by atoms with Gasteiger partial charge < -0.3 is 5.32 Å². The molecule has 0 unspecified atom stereocenters. The van der Waals surface area contributed by atoms with E-state index in [1.165, 1.54) is 13.4 Å². The molecule has 0 fully saturated rings. The van der Waals surface area contributed by atoms with Crippen LogP contribution in [0.15, 0.2) is 52.2 Å². The number of aromatic nitrogens is 2. The van der Waals surface area contributed by atoms with Crippen LogP contribution in [0.25, 0.3) is 11.0 Å². The van der Waals surface area contributed by atoms with Gasteiger partial charge in [0.1, 0.15) is 0 Å². The molecule has 1 aliphatic rings. The molecule has 7 nitrogen and oxygen atoms in total. The summed E-state index contributed by atoms with van der Waals surface area (Å²) >= 11 is 0. The van der Waals surface area contributed by atoms with Gasteiger partial charge in [0.15, 0.2) is 0 Å². The van der Waals surface area contributed by atoms with Crippen LogP contribution in [0.2, 0.25) is 0 Å². The number of anilines is 2. The van der Waals surface area contributed by atoms with Crippen LogP contribution in [0.4, 0.5) is 11.4 Å². The quantitative estimate of drug-likeness (QED) is 0.733. The Morgan fingerprint density at radius 3 is 2.37 bits per heavy atom. The molecule has 0 radical (unpaired) electrons. The van der Waals surface area contributed by atoms with Crippen molar-refractivity contribution in [3.8, 4) is 0 Å². The molecular weight excluding hydrogens is 364 g/mol. The first-order chi connectivity index (χ1) is 12.7. The van der Waals surface area contributed by atoms with Crippen molar-refractivity contribution in [3.05, 3.63) is 52.9 Å². The summed E-state index contributed by atoms with van der Waals surface area (Å²) in [6.45, 7) is 3.86. The van der Waals surface area contributed by atoms with E-state index >= 15 is 0 Å². The molecule has 2 atom stereocenters. The van der Waals surface area contributed by atoms with Gasteiger partial charge in [0.05, 0.1) is 33.3 Å². The van der Waals surface area contributed by atoms with E-state index in [1.54, 1.807) is 38.4 Å². The topological polar surface area (TPSA) is 76.3 Å². The van der Waals surface area contributed by atoms with Gasteiger partial charge >= 0.3 is 5.69 Å². The number of imidazole rings is 1. The van der Waals surface area contributed by atoms with Crippen LogP contribution in [0.1, 0.15) is 13.8 Å². The number of rotatable bonds is 2. The Balaban J connectivity index is 1.92. The maximum absolute atomic E-state index is 13.6. The molecule has 3 aromatic rings. The van der Waals surface area contributed by atoms with Crippen LogP contribution < -0.4 is 15.3 Å². The van der Waals surface area contributed by atoms with Crippen molar-refractivity contribution in [3.63, 3.8) is 0 Å². The van der Waals surface area contributed by atoms with Crippen LogP contribution in [-0.4, -0.2) is 29.6 Å². The highest BCUT2D eigenvalue weighted by molar-refractivity contribution is 7.92. The number of nitrogens with one attached hydrogen (secondary N) is 1. The Morgan fingerprint density at radius 1 is 0.963 bits per heavy atom. The first kappa shape index (κ1) is 17.7. The third kappa shape index (κ3) is 2.47. The zero-order chi connectivity index (χ0) is 19.5. The Labute approximate surface area is 157 Å². The van der Waals surface area contributed by atoms with E-state index in [0.29, 0.717) is 16.7 Å². The number of fused-ring (bicyclic) bond motifs is 2. The van der Waals surface area contributed by atoms with Crippen molar-refractivity contribution in [2.75, 3.05) is 9.62 Å². The van der Waals surface area contributed by atoms with Gasteiger partial charge in [-0.15, -0.1) is 0 Å². The highest BCUT2D eigenvalue weighted by atomic mass is 32.2. The van der Waals surface area contributed by atoms with Crippen LogP contribution in [0.5, 0.6) is 0 Å². The van der Waals surface area contributed by atoms with Gasteiger partial charge in [-0.25, -0.2) is 13.2 Å². The molecule has 0 amide bonds. The monoisotopic (exact) mass is 386 g/mol. The molecule has 4 rings (SSSR count). The van der Waals surface area contributed by atoms with Crippen LogP contribution in [0.3, 0.4) is 0 Å². The van der Waals surface area contributed by atoms with E-state index in [2.05, 4.69) is 5.32 Å². The fourth-order valence-corrected chi connectivity index (χ4v) is 5.45. The molecule has 142 valence electrons. The molecule has 8 heteroatoms. The van der Waals surface area contributed by atoms with E-state index in [4.69, 9.17) is 0 Å². The summed E-state index contributed by atoms with van der Waals surface area (Å²) < 4.78 is 31.6. The predicted octanol–water partition coefficient (Wildman–Crippen LogP) is 2.27. The maximum Gasteiger partial charge on any atom is 0.328 e. The highest BCUT2D eigenvalue weighted by Gasteiger charge is 2.37. The lowest BCUT2D eigenvalue weighted by Gasteiger charge is -2.40. The van der Waals surface area contributed by atoms with E-state index in [9.17, 15) is 13.2 Å². The number of nitrogens with zero attached hydrogens (tertiary/aromatic N) is 3. The summed E-state index contributed by atoms with van der Waals surface area (Å²) in [5.74, 6) is 0. The van der Waals surface area contributed by atoms with E-state index < -0.39 is 10.0 Å². The minimum Gasteiger partial charge on any atom is -0.379 e. The summed E-state index contributed by atoms with van der Waals surface area (Å²) in [7, 11) is -0.480. The molecule has 2 heterocycles.